The molecule has 0 radical (unpaired) electrons. The summed E-state index contributed by atoms with van der Waals surface area (Å²) < 4.78 is 13.8. The Hall–Kier alpha value is -2.68. The van der Waals surface area contributed by atoms with Crippen LogP contribution in [0.1, 0.15) is 63.9 Å². The number of anilines is 1. The molecular formula is C30H41N5O3. The molecule has 2 saturated heterocycles. The topological polar surface area (TPSA) is 75.6 Å². The van der Waals surface area contributed by atoms with E-state index in [0.717, 1.165) is 79.8 Å². The molecule has 3 aliphatic rings. The van der Waals surface area contributed by atoms with Gasteiger partial charge in [0.25, 0.3) is 0 Å². The highest BCUT2D eigenvalue weighted by molar-refractivity contribution is 5.98. The van der Waals surface area contributed by atoms with Gasteiger partial charge in [-0.15, -0.1) is 0 Å². The van der Waals surface area contributed by atoms with Crippen LogP contribution in [-0.4, -0.2) is 71.6 Å². The van der Waals surface area contributed by atoms with Crippen LogP contribution in [-0.2, 0) is 27.1 Å². The summed E-state index contributed by atoms with van der Waals surface area (Å²) >= 11 is 0. The average molecular weight is 520 g/mol. The zero-order chi connectivity index (χ0) is 26.4. The van der Waals surface area contributed by atoms with Gasteiger partial charge < -0.3 is 19.4 Å². The minimum Gasteiger partial charge on any atom is -0.379 e. The Kier molecular flexibility index (Phi) is 6.82. The number of hydrogen-bond acceptors (Lipinski definition) is 5. The molecule has 38 heavy (non-hydrogen) atoms. The summed E-state index contributed by atoms with van der Waals surface area (Å²) in [7, 11) is 1.87. The Morgan fingerprint density at radius 1 is 1.18 bits per heavy atom. The smallest absolute Gasteiger partial charge is 0.243 e. The van der Waals surface area contributed by atoms with Gasteiger partial charge in [0.05, 0.1) is 24.9 Å². The summed E-state index contributed by atoms with van der Waals surface area (Å²) in [5.74, 6) is 0.0981. The third-order valence-corrected chi connectivity index (χ3v) is 8.77. The summed E-state index contributed by atoms with van der Waals surface area (Å²) in [5.41, 5.74) is 6.96. The van der Waals surface area contributed by atoms with Crippen molar-refractivity contribution < 1.29 is 14.3 Å². The largest absolute Gasteiger partial charge is 0.379 e. The van der Waals surface area contributed by atoms with Crippen LogP contribution in [0.2, 0.25) is 0 Å². The normalized spacial score (nSPS) is 22.8. The van der Waals surface area contributed by atoms with Gasteiger partial charge in [0.1, 0.15) is 11.9 Å². The molecule has 3 aromatic rings. The van der Waals surface area contributed by atoms with E-state index in [4.69, 9.17) is 14.6 Å². The second-order valence-corrected chi connectivity index (χ2v) is 12.1. The number of carbonyl (C=O) groups is 1. The van der Waals surface area contributed by atoms with Crippen molar-refractivity contribution in [3.05, 3.63) is 35.5 Å². The van der Waals surface area contributed by atoms with Gasteiger partial charge in [-0.3, -0.25) is 9.69 Å². The van der Waals surface area contributed by atoms with Crippen LogP contribution >= 0.6 is 0 Å². The monoisotopic (exact) mass is 519 g/mol. The van der Waals surface area contributed by atoms with E-state index in [-0.39, 0.29) is 23.6 Å². The standard InChI is InChI=1S/C30H41N5O3/c1-20(34-12-15-37-16-13-34)29(36)33(4)22-9-8-21-17-25(31-24(21)18-22)28-23-10-11-30(2,3)19-26(23)35(32-28)27-7-5-6-14-38-27/h8-9,17-18,20,27,31H,5-7,10-16,19H2,1-4H3. The van der Waals surface area contributed by atoms with Crippen LogP contribution in [0, 0.1) is 5.41 Å². The zero-order valence-electron chi connectivity index (χ0n) is 23.3. The van der Waals surface area contributed by atoms with Crippen LogP contribution < -0.4 is 4.90 Å². The Labute approximate surface area is 225 Å². The van der Waals surface area contributed by atoms with E-state index < -0.39 is 0 Å². The third kappa shape index (κ3) is 4.78. The summed E-state index contributed by atoms with van der Waals surface area (Å²) in [6.07, 6.45) is 6.57. The summed E-state index contributed by atoms with van der Waals surface area (Å²) in [5, 5.41) is 6.31. The number of amides is 1. The van der Waals surface area contributed by atoms with E-state index in [9.17, 15) is 4.79 Å². The molecule has 1 aromatic carbocycles. The van der Waals surface area contributed by atoms with Crippen molar-refractivity contribution >= 4 is 22.5 Å². The molecule has 2 fully saturated rings. The van der Waals surface area contributed by atoms with Gasteiger partial charge in [0, 0.05) is 54.6 Å². The van der Waals surface area contributed by atoms with E-state index in [2.05, 4.69) is 46.6 Å². The van der Waals surface area contributed by atoms with Crippen LogP contribution in [0.25, 0.3) is 22.3 Å². The first-order valence-electron chi connectivity index (χ1n) is 14.3. The summed E-state index contributed by atoms with van der Waals surface area (Å²) in [6, 6.07) is 8.24. The fourth-order valence-electron chi connectivity index (χ4n) is 6.31. The van der Waals surface area contributed by atoms with Crippen molar-refractivity contribution in [3.8, 4) is 11.4 Å². The number of benzene rings is 1. The molecule has 1 N–H and O–H groups in total. The quantitative estimate of drug-likeness (QED) is 0.517. The number of nitrogens with zero attached hydrogens (tertiary/aromatic N) is 4. The van der Waals surface area contributed by atoms with Crippen molar-refractivity contribution in [3.63, 3.8) is 0 Å². The molecule has 0 saturated carbocycles. The molecule has 2 aliphatic heterocycles. The van der Waals surface area contributed by atoms with Crippen molar-refractivity contribution in [2.24, 2.45) is 5.41 Å². The number of nitrogens with one attached hydrogen (secondary N) is 1. The Morgan fingerprint density at radius 3 is 2.76 bits per heavy atom. The minimum atomic E-state index is -0.180. The van der Waals surface area contributed by atoms with Crippen molar-refractivity contribution in [2.45, 2.75) is 71.6 Å². The van der Waals surface area contributed by atoms with Gasteiger partial charge in [-0.05, 0) is 69.1 Å². The van der Waals surface area contributed by atoms with E-state index >= 15 is 0 Å². The van der Waals surface area contributed by atoms with Gasteiger partial charge in [-0.1, -0.05) is 19.9 Å². The van der Waals surface area contributed by atoms with Crippen LogP contribution in [0.15, 0.2) is 24.3 Å². The molecule has 204 valence electrons. The van der Waals surface area contributed by atoms with E-state index in [1.54, 1.807) is 4.90 Å². The fraction of sp³-hybridized carbons (Fsp3) is 0.600. The Bertz CT molecular complexity index is 1310. The van der Waals surface area contributed by atoms with Crippen LogP contribution in [0.3, 0.4) is 0 Å². The SMILES string of the molecule is CC(C(=O)N(C)c1ccc2cc(-c3nn(C4CCCCO4)c4c3CCC(C)(C)C4)[nH]c2c1)N1CCOCC1. The number of hydrogen-bond donors (Lipinski definition) is 1. The maximum Gasteiger partial charge on any atom is 0.243 e. The lowest BCUT2D eigenvalue weighted by Crippen LogP contribution is -2.50. The molecule has 6 rings (SSSR count). The molecule has 0 bridgehead atoms. The number of aromatic amines is 1. The number of fused-ring (bicyclic) bond motifs is 2. The van der Waals surface area contributed by atoms with Crippen molar-refractivity contribution in [1.29, 1.82) is 0 Å². The first-order chi connectivity index (χ1) is 18.3. The number of H-pyrrole nitrogens is 1. The lowest BCUT2D eigenvalue weighted by Gasteiger charge is -2.33. The fourth-order valence-corrected chi connectivity index (χ4v) is 6.31. The van der Waals surface area contributed by atoms with Gasteiger partial charge in [0.2, 0.25) is 5.91 Å². The number of ether oxygens (including phenoxy) is 2. The Balaban J connectivity index is 1.30. The highest BCUT2D eigenvalue weighted by Gasteiger charge is 2.34. The lowest BCUT2D eigenvalue weighted by molar-refractivity contribution is -0.124. The Morgan fingerprint density at radius 2 is 2.00 bits per heavy atom. The van der Waals surface area contributed by atoms with Gasteiger partial charge >= 0.3 is 0 Å². The van der Waals surface area contributed by atoms with E-state index in [1.807, 2.05) is 20.0 Å². The van der Waals surface area contributed by atoms with Gasteiger partial charge in [-0.2, -0.15) is 5.10 Å². The van der Waals surface area contributed by atoms with Gasteiger partial charge in [0.15, 0.2) is 0 Å². The van der Waals surface area contributed by atoms with E-state index in [1.165, 1.54) is 17.7 Å². The molecule has 8 nitrogen and oxygen atoms in total. The highest BCUT2D eigenvalue weighted by Crippen LogP contribution is 2.41. The summed E-state index contributed by atoms with van der Waals surface area (Å²) in [4.78, 5) is 20.9. The van der Waals surface area contributed by atoms with E-state index in [0.29, 0.717) is 13.2 Å². The molecule has 2 aromatic heterocycles. The third-order valence-electron chi connectivity index (χ3n) is 8.77. The van der Waals surface area contributed by atoms with Crippen LogP contribution in [0.4, 0.5) is 5.69 Å². The number of morpholine rings is 1. The first-order valence-corrected chi connectivity index (χ1v) is 14.3. The first kappa shape index (κ1) is 25.6. The zero-order valence-corrected chi connectivity index (χ0v) is 23.3. The van der Waals surface area contributed by atoms with Crippen molar-refractivity contribution in [1.82, 2.24) is 19.7 Å². The summed E-state index contributed by atoms with van der Waals surface area (Å²) in [6.45, 7) is 10.5. The number of likely N-dealkylation sites (N-methyl/N-ethyl adjacent to an activating group) is 1. The number of rotatable bonds is 5. The highest BCUT2D eigenvalue weighted by atomic mass is 16.5. The number of aromatic nitrogens is 3. The molecule has 2 unspecified atom stereocenters. The minimum absolute atomic E-state index is 0.0317. The number of carbonyl (C=O) groups excluding carboxylic acids is 1. The molecule has 8 heteroatoms. The average Bonchev–Trinajstić information content (AvgIpc) is 3.52. The lowest BCUT2D eigenvalue weighted by atomic mass is 9.76. The molecule has 0 spiro atoms. The van der Waals surface area contributed by atoms with Gasteiger partial charge in [-0.25, -0.2) is 4.68 Å². The molecule has 2 atom stereocenters. The van der Waals surface area contributed by atoms with Crippen LogP contribution in [0.5, 0.6) is 0 Å². The molecule has 4 heterocycles. The maximum atomic E-state index is 13.3. The molecular weight excluding hydrogens is 478 g/mol. The van der Waals surface area contributed by atoms with Crippen molar-refractivity contribution in [2.75, 3.05) is 44.9 Å². The second-order valence-electron chi connectivity index (χ2n) is 12.1. The molecule has 1 aliphatic carbocycles. The second kappa shape index (κ2) is 10.1. The predicted octanol–water partition coefficient (Wildman–Crippen LogP) is 4.93. The molecule has 1 amide bonds. The maximum absolute atomic E-state index is 13.3. The predicted molar refractivity (Wildman–Crippen MR) is 149 cm³/mol.